The van der Waals surface area contributed by atoms with E-state index in [1.165, 1.54) is 11.3 Å². The minimum absolute atomic E-state index is 0.166. The number of urea groups is 1. The first-order chi connectivity index (χ1) is 15.2. The second kappa shape index (κ2) is 8.78. The summed E-state index contributed by atoms with van der Waals surface area (Å²) in [6, 6.07) is 16.5. The first-order valence-corrected chi connectivity index (χ1v) is 12.2. The van der Waals surface area contributed by atoms with Crippen LogP contribution in [0.25, 0.3) is 10.2 Å². The number of hydrogen-bond acceptors (Lipinski definition) is 5. The molecule has 0 radical (unpaired) electrons. The van der Waals surface area contributed by atoms with Crippen molar-refractivity contribution in [3.05, 3.63) is 76.8 Å². The van der Waals surface area contributed by atoms with E-state index in [-0.39, 0.29) is 10.0 Å². The molecule has 0 fully saturated rings. The topological polar surface area (TPSA) is 100 Å². The smallest absolute Gasteiger partial charge is 0.308 e. The predicted octanol–water partition coefficient (Wildman–Crippen LogP) is 6.01. The number of carbonyl (C=O) groups excluding carboxylic acids is 1. The van der Waals surface area contributed by atoms with Crippen molar-refractivity contribution in [2.24, 2.45) is 0 Å². The largest absolute Gasteiger partial charge is 0.323 e. The van der Waals surface area contributed by atoms with Gasteiger partial charge in [0.2, 0.25) is 0 Å². The van der Waals surface area contributed by atoms with Gasteiger partial charge in [0.05, 0.1) is 15.1 Å². The zero-order valence-electron chi connectivity index (χ0n) is 17.1. The average Bonchev–Trinajstić information content (AvgIpc) is 3.10. The first-order valence-electron chi connectivity index (χ1n) is 9.54. The maximum absolute atomic E-state index is 12.7. The zero-order valence-corrected chi connectivity index (χ0v) is 19.5. The Morgan fingerprint density at radius 2 is 1.69 bits per heavy atom. The van der Waals surface area contributed by atoms with E-state index in [0.29, 0.717) is 21.9 Å². The van der Waals surface area contributed by atoms with E-state index in [4.69, 9.17) is 11.6 Å². The summed E-state index contributed by atoms with van der Waals surface area (Å²) in [6.45, 7) is 3.74. The Labute approximate surface area is 194 Å². The van der Waals surface area contributed by atoms with E-state index in [2.05, 4.69) is 20.3 Å². The van der Waals surface area contributed by atoms with Crippen LogP contribution in [0, 0.1) is 13.8 Å². The average molecular weight is 487 g/mol. The third-order valence-electron chi connectivity index (χ3n) is 4.58. The summed E-state index contributed by atoms with van der Waals surface area (Å²) < 4.78 is 28.6. The standard InChI is InChI=1S/C22H19ClN4O3S2/c1-13-6-8-18(9-7-13)32(29,30)27-22-26-20-14(2)10-17(12-19(20)31-22)25-21(28)24-16-5-3-4-15(23)11-16/h3-12H,1-2H3,(H,26,27)(H2,24,25,28). The Kier molecular flexibility index (Phi) is 6.05. The normalized spacial score (nSPS) is 11.3. The number of benzene rings is 3. The third-order valence-corrected chi connectivity index (χ3v) is 7.22. The van der Waals surface area contributed by atoms with Crippen molar-refractivity contribution >= 4 is 65.7 Å². The molecule has 0 aliphatic heterocycles. The van der Waals surface area contributed by atoms with Crippen LogP contribution >= 0.6 is 22.9 Å². The quantitative estimate of drug-likeness (QED) is 0.321. The highest BCUT2D eigenvalue weighted by molar-refractivity contribution is 7.93. The SMILES string of the molecule is Cc1ccc(S(=O)(=O)Nc2nc3c(C)cc(NC(=O)Nc4cccc(Cl)c4)cc3s2)cc1. The fourth-order valence-corrected chi connectivity index (χ4v) is 5.47. The fourth-order valence-electron chi connectivity index (χ4n) is 3.06. The number of amides is 2. The molecule has 2 amide bonds. The van der Waals surface area contributed by atoms with Gasteiger partial charge >= 0.3 is 6.03 Å². The van der Waals surface area contributed by atoms with Gasteiger partial charge in [-0.25, -0.2) is 18.2 Å². The van der Waals surface area contributed by atoms with Gasteiger partial charge < -0.3 is 10.6 Å². The van der Waals surface area contributed by atoms with Crippen LogP contribution in [0.5, 0.6) is 0 Å². The second-order valence-electron chi connectivity index (χ2n) is 7.17. The lowest BCUT2D eigenvalue weighted by atomic mass is 10.2. The van der Waals surface area contributed by atoms with E-state index < -0.39 is 16.1 Å². The number of halogens is 1. The van der Waals surface area contributed by atoms with Gasteiger partial charge in [-0.15, -0.1) is 0 Å². The number of carbonyl (C=O) groups is 1. The Hall–Kier alpha value is -3.14. The number of fused-ring (bicyclic) bond motifs is 1. The molecular formula is C22H19ClN4O3S2. The van der Waals surface area contributed by atoms with Gasteiger partial charge in [0.25, 0.3) is 10.0 Å². The highest BCUT2D eigenvalue weighted by Crippen LogP contribution is 2.32. The van der Waals surface area contributed by atoms with Crippen molar-refractivity contribution in [2.75, 3.05) is 15.4 Å². The molecule has 0 aliphatic rings. The molecule has 3 N–H and O–H groups in total. The van der Waals surface area contributed by atoms with Gasteiger partial charge in [0.15, 0.2) is 5.13 Å². The third kappa shape index (κ3) is 5.01. The molecule has 0 spiro atoms. The minimum Gasteiger partial charge on any atom is -0.308 e. The summed E-state index contributed by atoms with van der Waals surface area (Å²) >= 11 is 7.14. The molecule has 10 heteroatoms. The van der Waals surface area contributed by atoms with Gasteiger partial charge in [-0.2, -0.15) is 0 Å². The van der Waals surface area contributed by atoms with Crippen molar-refractivity contribution < 1.29 is 13.2 Å². The van der Waals surface area contributed by atoms with E-state index >= 15 is 0 Å². The van der Waals surface area contributed by atoms with Gasteiger partial charge in [0, 0.05) is 16.4 Å². The molecule has 4 rings (SSSR count). The molecule has 1 heterocycles. The molecule has 0 bridgehead atoms. The summed E-state index contributed by atoms with van der Waals surface area (Å²) in [7, 11) is -3.75. The maximum Gasteiger partial charge on any atom is 0.323 e. The molecule has 3 aromatic carbocycles. The molecular weight excluding hydrogens is 468 g/mol. The van der Waals surface area contributed by atoms with Crippen molar-refractivity contribution in [3.8, 4) is 0 Å². The Morgan fingerprint density at radius 1 is 0.969 bits per heavy atom. The molecule has 0 atom stereocenters. The van der Waals surface area contributed by atoms with Gasteiger partial charge in [-0.1, -0.05) is 46.7 Å². The minimum atomic E-state index is -3.75. The van der Waals surface area contributed by atoms with Crippen LogP contribution in [0.3, 0.4) is 0 Å². The van der Waals surface area contributed by atoms with Crippen LogP contribution in [0.1, 0.15) is 11.1 Å². The lowest BCUT2D eigenvalue weighted by molar-refractivity contribution is 0.262. The first kappa shape index (κ1) is 22.1. The fraction of sp³-hybridized carbons (Fsp3) is 0.0909. The Balaban J connectivity index is 1.54. The number of sulfonamides is 1. The molecule has 1 aromatic heterocycles. The second-order valence-corrected chi connectivity index (χ2v) is 10.3. The Bertz CT molecular complexity index is 1420. The molecule has 0 saturated heterocycles. The monoisotopic (exact) mass is 486 g/mol. The van der Waals surface area contributed by atoms with E-state index in [1.54, 1.807) is 60.7 Å². The van der Waals surface area contributed by atoms with Crippen LogP contribution in [0.2, 0.25) is 5.02 Å². The predicted molar refractivity (Wildman–Crippen MR) is 130 cm³/mol. The van der Waals surface area contributed by atoms with Gasteiger partial charge in [-0.05, 0) is 61.9 Å². The number of thiazole rings is 1. The van der Waals surface area contributed by atoms with E-state index in [0.717, 1.165) is 15.8 Å². The van der Waals surface area contributed by atoms with Crippen molar-refractivity contribution in [3.63, 3.8) is 0 Å². The van der Waals surface area contributed by atoms with Crippen LogP contribution in [-0.2, 0) is 10.0 Å². The Morgan fingerprint density at radius 3 is 2.41 bits per heavy atom. The number of nitrogens with one attached hydrogen (secondary N) is 3. The molecule has 0 aliphatic carbocycles. The number of rotatable bonds is 5. The molecule has 7 nitrogen and oxygen atoms in total. The molecule has 164 valence electrons. The molecule has 0 unspecified atom stereocenters. The number of aryl methyl sites for hydroxylation is 2. The number of nitrogens with zero attached hydrogens (tertiary/aromatic N) is 1. The molecule has 4 aromatic rings. The molecule has 0 saturated carbocycles. The molecule has 32 heavy (non-hydrogen) atoms. The lowest BCUT2D eigenvalue weighted by Gasteiger charge is -2.09. The van der Waals surface area contributed by atoms with Crippen molar-refractivity contribution in [1.82, 2.24) is 4.98 Å². The zero-order chi connectivity index (χ0) is 22.9. The number of aromatic nitrogens is 1. The highest BCUT2D eigenvalue weighted by Gasteiger charge is 2.17. The number of anilines is 3. The van der Waals surface area contributed by atoms with E-state index in [1.807, 2.05) is 13.8 Å². The van der Waals surface area contributed by atoms with Gasteiger partial charge in [-0.3, -0.25) is 4.72 Å². The van der Waals surface area contributed by atoms with Crippen LogP contribution in [-0.4, -0.2) is 19.4 Å². The number of hydrogen-bond donors (Lipinski definition) is 3. The lowest BCUT2D eigenvalue weighted by Crippen LogP contribution is -2.19. The van der Waals surface area contributed by atoms with Crippen LogP contribution < -0.4 is 15.4 Å². The summed E-state index contributed by atoms with van der Waals surface area (Å²) in [5.41, 5.74) is 3.57. The maximum atomic E-state index is 12.7. The van der Waals surface area contributed by atoms with Crippen LogP contribution in [0.15, 0.2) is 65.6 Å². The summed E-state index contributed by atoms with van der Waals surface area (Å²) in [6.07, 6.45) is 0. The van der Waals surface area contributed by atoms with Gasteiger partial charge in [0.1, 0.15) is 0 Å². The van der Waals surface area contributed by atoms with Crippen molar-refractivity contribution in [1.29, 1.82) is 0 Å². The highest BCUT2D eigenvalue weighted by atomic mass is 35.5. The van der Waals surface area contributed by atoms with Crippen LogP contribution in [0.4, 0.5) is 21.3 Å². The van der Waals surface area contributed by atoms with E-state index in [9.17, 15) is 13.2 Å². The summed E-state index contributed by atoms with van der Waals surface area (Å²) in [5.74, 6) is 0. The summed E-state index contributed by atoms with van der Waals surface area (Å²) in [5, 5.41) is 6.27. The van der Waals surface area contributed by atoms with Crippen molar-refractivity contribution in [2.45, 2.75) is 18.7 Å². The summed E-state index contributed by atoms with van der Waals surface area (Å²) in [4.78, 5) is 16.9.